The number of hydrogen-bond donors (Lipinski definition) is 2. The van der Waals surface area contributed by atoms with Crippen LogP contribution in [0.5, 0.6) is 0 Å². The van der Waals surface area contributed by atoms with Crippen LogP contribution in [0, 0.1) is 11.3 Å². The number of hydrogen-bond acceptors (Lipinski definition) is 9. The normalized spacial score (nSPS) is 22.3. The van der Waals surface area contributed by atoms with E-state index in [2.05, 4.69) is 39.8 Å². The molecule has 0 amide bonds. The number of nitriles is 1. The molecule has 41 heavy (non-hydrogen) atoms. The van der Waals surface area contributed by atoms with Gasteiger partial charge in [0.2, 0.25) is 16.0 Å². The maximum Gasteiger partial charge on any atom is 0.225 e. The van der Waals surface area contributed by atoms with Gasteiger partial charge in [-0.25, -0.2) is 17.7 Å². The molecule has 3 aliphatic heterocycles. The molecule has 2 N–H and O–H groups in total. The van der Waals surface area contributed by atoms with Gasteiger partial charge in [0.25, 0.3) is 0 Å². The first-order valence-corrected chi connectivity index (χ1v) is 16.3. The molecular weight excluding hydrogens is 562 g/mol. The van der Waals surface area contributed by atoms with Crippen LogP contribution in [0.4, 0.5) is 11.8 Å². The largest absolute Gasteiger partial charge is 0.368 e. The van der Waals surface area contributed by atoms with E-state index in [1.807, 2.05) is 18.2 Å². The third-order valence-corrected chi connectivity index (χ3v) is 9.88. The summed E-state index contributed by atoms with van der Waals surface area (Å²) in [5.74, 6) is 1.38. The van der Waals surface area contributed by atoms with E-state index in [0.29, 0.717) is 62.9 Å². The molecule has 2 aromatic carbocycles. The maximum atomic E-state index is 12.0. The van der Waals surface area contributed by atoms with Crippen molar-refractivity contribution in [3.05, 3.63) is 58.2 Å². The smallest absolute Gasteiger partial charge is 0.225 e. The highest BCUT2D eigenvalue weighted by atomic mass is 35.5. The second-order valence-corrected chi connectivity index (χ2v) is 13.4. The predicted octanol–water partition coefficient (Wildman–Crippen LogP) is 3.62. The number of rotatable bonds is 6. The molecule has 0 radical (unpaired) electrons. The first kappa shape index (κ1) is 28.1. The van der Waals surface area contributed by atoms with E-state index in [0.717, 1.165) is 46.5 Å². The van der Waals surface area contributed by atoms with E-state index in [-0.39, 0.29) is 18.2 Å². The Kier molecular flexibility index (Phi) is 8.03. The highest BCUT2D eigenvalue weighted by Crippen LogP contribution is 2.39. The fourth-order valence-corrected chi connectivity index (χ4v) is 7.31. The lowest BCUT2D eigenvalue weighted by atomic mass is 9.94. The molecule has 1 unspecified atom stereocenters. The quantitative estimate of drug-likeness (QED) is 0.440. The Morgan fingerprint density at radius 1 is 1.17 bits per heavy atom. The lowest BCUT2D eigenvalue weighted by molar-refractivity contribution is 0.0270. The number of ether oxygens (including phenoxy) is 1. The number of sulfonamides is 1. The van der Waals surface area contributed by atoms with Gasteiger partial charge >= 0.3 is 0 Å². The van der Waals surface area contributed by atoms with Crippen LogP contribution in [-0.2, 0) is 27.8 Å². The molecule has 3 aromatic rings. The summed E-state index contributed by atoms with van der Waals surface area (Å²) in [6.45, 7) is 3.51. The summed E-state index contributed by atoms with van der Waals surface area (Å²) in [5, 5.41) is 19.0. The average Bonchev–Trinajstić information content (AvgIpc) is 2.96. The van der Waals surface area contributed by atoms with E-state index in [4.69, 9.17) is 26.3 Å². The molecule has 216 valence electrons. The van der Waals surface area contributed by atoms with Gasteiger partial charge in [0.05, 0.1) is 37.2 Å². The van der Waals surface area contributed by atoms with Gasteiger partial charge in [-0.1, -0.05) is 41.9 Å². The van der Waals surface area contributed by atoms with Gasteiger partial charge in [0.15, 0.2) is 0 Å². The predicted molar refractivity (Wildman–Crippen MR) is 160 cm³/mol. The zero-order valence-electron chi connectivity index (χ0n) is 23.0. The summed E-state index contributed by atoms with van der Waals surface area (Å²) in [5.41, 5.74) is 2.95. The summed E-state index contributed by atoms with van der Waals surface area (Å²) >= 11 is 6.65. The summed E-state index contributed by atoms with van der Waals surface area (Å²) in [6, 6.07) is 14.5. The lowest BCUT2D eigenvalue weighted by Crippen LogP contribution is -2.51. The van der Waals surface area contributed by atoms with Crippen LogP contribution in [0.3, 0.4) is 0 Å². The van der Waals surface area contributed by atoms with Gasteiger partial charge < -0.3 is 20.3 Å². The average molecular weight is 596 g/mol. The molecule has 0 aliphatic carbocycles. The van der Waals surface area contributed by atoms with Crippen molar-refractivity contribution in [2.24, 2.45) is 0 Å². The summed E-state index contributed by atoms with van der Waals surface area (Å²) in [6.07, 6.45) is 3.41. The molecule has 6 rings (SSSR count). The molecule has 0 spiro atoms. The minimum absolute atomic E-state index is 0.0613. The number of anilines is 2. The number of nitrogens with one attached hydrogen (secondary N) is 2. The van der Waals surface area contributed by atoms with Gasteiger partial charge in [0.1, 0.15) is 5.82 Å². The van der Waals surface area contributed by atoms with Gasteiger partial charge in [-0.2, -0.15) is 10.2 Å². The SMILES string of the molecule is CS(=O)(=O)N1CCC(Nc2nc3c(c(N4CCN[C@@H](CC#N)C4)n2)COC(c2cccc4cccc(Cl)c24)C3)CC1. The van der Waals surface area contributed by atoms with E-state index >= 15 is 0 Å². The fraction of sp³-hybridized carbons (Fsp3) is 0.483. The number of piperazine rings is 1. The molecule has 0 bridgehead atoms. The van der Waals surface area contributed by atoms with Crippen LogP contribution in [-0.4, -0.2) is 73.8 Å². The van der Waals surface area contributed by atoms with Crippen molar-refractivity contribution < 1.29 is 13.2 Å². The zero-order valence-corrected chi connectivity index (χ0v) is 24.6. The number of piperidine rings is 1. The van der Waals surface area contributed by atoms with Crippen LogP contribution >= 0.6 is 11.6 Å². The summed E-state index contributed by atoms with van der Waals surface area (Å²) < 4.78 is 32.0. The molecule has 1 aromatic heterocycles. The Hall–Kier alpha value is -3.01. The maximum absolute atomic E-state index is 12.0. The monoisotopic (exact) mass is 595 g/mol. The third kappa shape index (κ3) is 5.98. The summed E-state index contributed by atoms with van der Waals surface area (Å²) in [7, 11) is -3.20. The highest BCUT2D eigenvalue weighted by Gasteiger charge is 2.32. The Labute approximate surface area is 245 Å². The van der Waals surface area contributed by atoms with Crippen molar-refractivity contribution in [3.63, 3.8) is 0 Å². The Morgan fingerprint density at radius 3 is 2.71 bits per heavy atom. The van der Waals surface area contributed by atoms with Crippen molar-refractivity contribution >= 4 is 44.2 Å². The third-order valence-electron chi connectivity index (χ3n) is 8.26. The zero-order chi connectivity index (χ0) is 28.6. The van der Waals surface area contributed by atoms with E-state index in [1.54, 1.807) is 0 Å². The molecule has 10 nitrogen and oxygen atoms in total. The Morgan fingerprint density at radius 2 is 1.95 bits per heavy atom. The van der Waals surface area contributed by atoms with Crippen molar-refractivity contribution in [2.45, 2.75) is 50.5 Å². The van der Waals surface area contributed by atoms with Crippen molar-refractivity contribution in [1.29, 1.82) is 5.26 Å². The minimum Gasteiger partial charge on any atom is -0.368 e. The number of benzene rings is 2. The molecule has 0 saturated carbocycles. The number of halogens is 1. The second-order valence-electron chi connectivity index (χ2n) is 11.0. The molecule has 4 heterocycles. The van der Waals surface area contributed by atoms with Crippen molar-refractivity contribution in [3.8, 4) is 6.07 Å². The first-order chi connectivity index (χ1) is 19.8. The van der Waals surface area contributed by atoms with Gasteiger partial charge in [-0.05, 0) is 29.9 Å². The fourth-order valence-electron chi connectivity index (χ4n) is 6.15. The minimum atomic E-state index is -3.20. The van der Waals surface area contributed by atoms with Gasteiger partial charge in [0, 0.05) is 67.2 Å². The van der Waals surface area contributed by atoms with E-state index in [9.17, 15) is 13.7 Å². The Balaban J connectivity index is 1.32. The Bertz CT molecular complexity index is 1580. The number of aromatic nitrogens is 2. The first-order valence-electron chi connectivity index (χ1n) is 14.1. The lowest BCUT2D eigenvalue weighted by Gasteiger charge is -2.37. The number of nitrogens with zero attached hydrogens (tertiary/aromatic N) is 5. The summed E-state index contributed by atoms with van der Waals surface area (Å²) in [4.78, 5) is 12.2. The second kappa shape index (κ2) is 11.7. The molecular formula is C29H34ClN7O3S. The topological polar surface area (TPSA) is 123 Å². The van der Waals surface area contributed by atoms with Crippen LogP contribution in [0.25, 0.3) is 10.8 Å². The molecule has 12 heteroatoms. The van der Waals surface area contributed by atoms with Gasteiger partial charge in [-0.3, -0.25) is 0 Å². The van der Waals surface area contributed by atoms with Crippen LogP contribution in [0.2, 0.25) is 5.02 Å². The molecule has 3 aliphatic rings. The van der Waals surface area contributed by atoms with Crippen LogP contribution in [0.15, 0.2) is 36.4 Å². The standard InChI is InChI=1S/C29H34ClN7O3S/c1-41(38,39)37-13-9-20(10-14-37)33-29-34-25-16-26(22-6-2-4-19-5-3-7-24(30)27(19)22)40-18-23(25)28(35-29)36-15-12-32-21(17-36)8-11-31/h2-7,20-21,26,32H,8-10,12-18H2,1H3,(H,33,34,35)/t21-,26?/m0/s1. The van der Waals surface area contributed by atoms with Crippen LogP contribution < -0.4 is 15.5 Å². The molecule has 2 fully saturated rings. The number of fused-ring (bicyclic) bond motifs is 2. The van der Waals surface area contributed by atoms with Gasteiger partial charge in [-0.15, -0.1) is 0 Å². The highest BCUT2D eigenvalue weighted by molar-refractivity contribution is 7.88. The van der Waals surface area contributed by atoms with E-state index in [1.165, 1.54) is 10.6 Å². The van der Waals surface area contributed by atoms with Crippen molar-refractivity contribution in [2.75, 3.05) is 49.2 Å². The van der Waals surface area contributed by atoms with Crippen molar-refractivity contribution in [1.82, 2.24) is 19.6 Å². The van der Waals surface area contributed by atoms with E-state index < -0.39 is 10.0 Å². The molecule has 2 saturated heterocycles. The van der Waals surface area contributed by atoms with Crippen LogP contribution in [0.1, 0.15) is 42.2 Å². The molecule has 2 atom stereocenters.